The molecule has 112 valence electrons. The van der Waals surface area contributed by atoms with Crippen LogP contribution in [-0.2, 0) is 10.0 Å². The molecule has 5 heteroatoms. The number of sulfonamides is 1. The van der Waals surface area contributed by atoms with E-state index >= 15 is 0 Å². The van der Waals surface area contributed by atoms with Crippen LogP contribution in [0.2, 0.25) is 0 Å². The number of hydrogen-bond donors (Lipinski definition) is 0. The molecule has 1 aliphatic carbocycles. The van der Waals surface area contributed by atoms with E-state index in [1.165, 1.54) is 12.8 Å². The maximum Gasteiger partial charge on any atom is 0.243 e. The average Bonchev–Trinajstić information content (AvgIpc) is 2.75. The van der Waals surface area contributed by atoms with Gasteiger partial charge in [0.2, 0.25) is 10.0 Å². The first-order chi connectivity index (χ1) is 9.55. The molecule has 0 heterocycles. The first kappa shape index (κ1) is 15.3. The first-order valence-corrected chi connectivity index (χ1v) is 8.62. The van der Waals surface area contributed by atoms with Gasteiger partial charge in [-0.05, 0) is 37.1 Å². The van der Waals surface area contributed by atoms with E-state index in [-0.39, 0.29) is 6.04 Å². The second-order valence-corrected chi connectivity index (χ2v) is 7.34. The van der Waals surface area contributed by atoms with Gasteiger partial charge in [0.05, 0.1) is 12.0 Å². The molecule has 1 aliphatic rings. The van der Waals surface area contributed by atoms with E-state index in [2.05, 4.69) is 0 Å². The van der Waals surface area contributed by atoms with Crippen LogP contribution in [0.15, 0.2) is 29.2 Å². The second kappa shape index (κ2) is 6.59. The van der Waals surface area contributed by atoms with Gasteiger partial charge in [0, 0.05) is 13.1 Å². The molecule has 1 saturated carbocycles. The molecule has 1 fully saturated rings. The highest BCUT2D eigenvalue weighted by atomic mass is 32.2. The van der Waals surface area contributed by atoms with Gasteiger partial charge >= 0.3 is 0 Å². The molecule has 0 amide bonds. The minimum absolute atomic E-state index is 0.129. The Morgan fingerprint density at radius 3 is 2.10 bits per heavy atom. The number of ether oxygens (including phenoxy) is 1. The van der Waals surface area contributed by atoms with Crippen molar-refractivity contribution in [3.05, 3.63) is 24.3 Å². The third-order valence-corrected chi connectivity index (χ3v) is 6.00. The van der Waals surface area contributed by atoms with Crippen molar-refractivity contribution in [2.45, 2.75) is 49.5 Å². The molecule has 4 nitrogen and oxygen atoms in total. The lowest BCUT2D eigenvalue weighted by Gasteiger charge is -2.26. The lowest BCUT2D eigenvalue weighted by Crippen LogP contribution is -2.36. The largest absolute Gasteiger partial charge is 0.497 e. The van der Waals surface area contributed by atoms with E-state index in [9.17, 15) is 8.42 Å². The molecule has 0 spiro atoms. The zero-order valence-electron chi connectivity index (χ0n) is 12.2. The Hall–Kier alpha value is -1.07. The normalized spacial score (nSPS) is 17.9. The minimum atomic E-state index is -3.40. The Labute approximate surface area is 121 Å². The number of hydrogen-bond acceptors (Lipinski definition) is 3. The molecular weight excluding hydrogens is 274 g/mol. The van der Waals surface area contributed by atoms with Gasteiger partial charge in [-0.2, -0.15) is 4.31 Å². The van der Waals surface area contributed by atoms with E-state index in [0.717, 1.165) is 25.7 Å². The SMILES string of the molecule is COc1ccc(S(=O)(=O)N(C)C2CCCCCC2)cc1. The molecule has 0 N–H and O–H groups in total. The predicted octanol–water partition coefficient (Wildman–Crippen LogP) is 3.04. The Bertz CT molecular complexity index is 517. The molecule has 0 unspecified atom stereocenters. The molecule has 0 saturated heterocycles. The third kappa shape index (κ3) is 3.33. The topological polar surface area (TPSA) is 46.6 Å². The fourth-order valence-electron chi connectivity index (χ4n) is 2.73. The number of nitrogens with zero attached hydrogens (tertiary/aromatic N) is 1. The molecule has 0 atom stereocenters. The van der Waals surface area contributed by atoms with Gasteiger partial charge < -0.3 is 4.74 Å². The summed E-state index contributed by atoms with van der Waals surface area (Å²) in [6.07, 6.45) is 6.60. The van der Waals surface area contributed by atoms with Crippen molar-refractivity contribution < 1.29 is 13.2 Å². The molecule has 0 bridgehead atoms. The summed E-state index contributed by atoms with van der Waals surface area (Å²) >= 11 is 0. The van der Waals surface area contributed by atoms with Crippen LogP contribution in [0.25, 0.3) is 0 Å². The van der Waals surface area contributed by atoms with Gasteiger partial charge in [-0.3, -0.25) is 0 Å². The Kier molecular flexibility index (Phi) is 5.05. The Morgan fingerprint density at radius 2 is 1.60 bits per heavy atom. The van der Waals surface area contributed by atoms with Crippen LogP contribution in [0, 0.1) is 0 Å². The van der Waals surface area contributed by atoms with Crippen LogP contribution in [-0.4, -0.2) is 32.9 Å². The summed E-state index contributed by atoms with van der Waals surface area (Å²) in [4.78, 5) is 0.338. The van der Waals surface area contributed by atoms with Crippen molar-refractivity contribution in [2.75, 3.05) is 14.2 Å². The first-order valence-electron chi connectivity index (χ1n) is 7.18. The molecule has 20 heavy (non-hydrogen) atoms. The van der Waals surface area contributed by atoms with Crippen molar-refractivity contribution in [2.24, 2.45) is 0 Å². The van der Waals surface area contributed by atoms with E-state index in [0.29, 0.717) is 10.6 Å². The highest BCUT2D eigenvalue weighted by Gasteiger charge is 2.28. The highest BCUT2D eigenvalue weighted by Crippen LogP contribution is 2.26. The fraction of sp³-hybridized carbons (Fsp3) is 0.600. The zero-order valence-corrected chi connectivity index (χ0v) is 13.0. The van der Waals surface area contributed by atoms with Crippen molar-refractivity contribution in [1.82, 2.24) is 4.31 Å². The summed E-state index contributed by atoms with van der Waals surface area (Å²) < 4.78 is 31.9. The second-order valence-electron chi connectivity index (χ2n) is 5.34. The van der Waals surface area contributed by atoms with Crippen molar-refractivity contribution >= 4 is 10.0 Å². The van der Waals surface area contributed by atoms with Crippen LogP contribution in [0.3, 0.4) is 0 Å². The fourth-order valence-corrected chi connectivity index (χ4v) is 4.15. The molecule has 1 aromatic carbocycles. The standard InChI is InChI=1S/C15H23NO3S/c1-16(13-7-5-3-4-6-8-13)20(17,18)15-11-9-14(19-2)10-12-15/h9-13H,3-8H2,1-2H3. The smallest absolute Gasteiger partial charge is 0.243 e. The number of methoxy groups -OCH3 is 1. The summed E-state index contributed by atoms with van der Waals surface area (Å²) in [6, 6.07) is 6.73. The van der Waals surface area contributed by atoms with Gasteiger partial charge in [-0.15, -0.1) is 0 Å². The van der Waals surface area contributed by atoms with E-state index in [1.807, 2.05) is 0 Å². The summed E-state index contributed by atoms with van der Waals surface area (Å²) in [7, 11) is -0.128. The monoisotopic (exact) mass is 297 g/mol. The molecule has 1 aromatic rings. The van der Waals surface area contributed by atoms with Gasteiger partial charge in [0.1, 0.15) is 5.75 Å². The maximum absolute atomic E-state index is 12.6. The molecule has 0 aliphatic heterocycles. The summed E-state index contributed by atoms with van der Waals surface area (Å²) in [5, 5.41) is 0. The summed E-state index contributed by atoms with van der Waals surface area (Å²) in [5.74, 6) is 0.668. The van der Waals surface area contributed by atoms with Crippen LogP contribution < -0.4 is 4.74 Å². The van der Waals surface area contributed by atoms with Crippen LogP contribution in [0.1, 0.15) is 38.5 Å². The van der Waals surface area contributed by atoms with Gasteiger partial charge in [-0.1, -0.05) is 25.7 Å². The van der Waals surface area contributed by atoms with E-state index < -0.39 is 10.0 Å². The molecular formula is C15H23NO3S. The van der Waals surface area contributed by atoms with Crippen molar-refractivity contribution in [1.29, 1.82) is 0 Å². The average molecular weight is 297 g/mol. The number of benzene rings is 1. The molecule has 2 rings (SSSR count). The lowest BCUT2D eigenvalue weighted by atomic mass is 10.1. The molecule has 0 radical (unpaired) electrons. The quantitative estimate of drug-likeness (QED) is 0.803. The highest BCUT2D eigenvalue weighted by molar-refractivity contribution is 7.89. The molecule has 0 aromatic heterocycles. The van der Waals surface area contributed by atoms with Crippen molar-refractivity contribution in [3.63, 3.8) is 0 Å². The van der Waals surface area contributed by atoms with Gasteiger partial charge in [0.15, 0.2) is 0 Å². The van der Waals surface area contributed by atoms with Crippen LogP contribution >= 0.6 is 0 Å². The van der Waals surface area contributed by atoms with Crippen molar-refractivity contribution in [3.8, 4) is 5.75 Å². The summed E-state index contributed by atoms with van der Waals surface area (Å²) in [6.45, 7) is 0. The Balaban J connectivity index is 2.18. The number of rotatable bonds is 4. The van der Waals surface area contributed by atoms with Crippen LogP contribution in [0.5, 0.6) is 5.75 Å². The van der Waals surface area contributed by atoms with Crippen LogP contribution in [0.4, 0.5) is 0 Å². The summed E-state index contributed by atoms with van der Waals surface area (Å²) in [5.41, 5.74) is 0. The van der Waals surface area contributed by atoms with Gasteiger partial charge in [0.25, 0.3) is 0 Å². The van der Waals surface area contributed by atoms with E-state index in [1.54, 1.807) is 42.7 Å². The minimum Gasteiger partial charge on any atom is -0.497 e. The predicted molar refractivity (Wildman–Crippen MR) is 79.4 cm³/mol. The Morgan fingerprint density at radius 1 is 1.05 bits per heavy atom. The maximum atomic E-state index is 12.6. The van der Waals surface area contributed by atoms with Gasteiger partial charge in [-0.25, -0.2) is 8.42 Å². The zero-order chi connectivity index (χ0) is 14.6. The van der Waals surface area contributed by atoms with E-state index in [4.69, 9.17) is 4.74 Å². The lowest BCUT2D eigenvalue weighted by molar-refractivity contribution is 0.335. The third-order valence-electron chi connectivity index (χ3n) is 4.08.